The number of aromatic nitrogens is 2. The molecule has 0 fully saturated rings. The van der Waals surface area contributed by atoms with Crippen LogP contribution in [0.25, 0.3) is 10.8 Å². The van der Waals surface area contributed by atoms with Gasteiger partial charge in [0.05, 0.1) is 6.54 Å². The van der Waals surface area contributed by atoms with Crippen molar-refractivity contribution < 1.29 is 4.39 Å². The minimum atomic E-state index is -0.356. The van der Waals surface area contributed by atoms with E-state index in [4.69, 9.17) is 23.8 Å². The summed E-state index contributed by atoms with van der Waals surface area (Å²) in [4.78, 5) is 0. The van der Waals surface area contributed by atoms with E-state index in [0.29, 0.717) is 21.5 Å². The lowest BCUT2D eigenvalue weighted by Crippen LogP contribution is -2.19. The first-order chi connectivity index (χ1) is 13.6. The molecule has 0 radical (unpaired) electrons. The Kier molecular flexibility index (Phi) is 5.23. The number of nitrogens with one attached hydrogen (secondary N) is 2. The van der Waals surface area contributed by atoms with Crippen LogP contribution >= 0.6 is 23.8 Å². The zero-order valence-electron chi connectivity index (χ0n) is 14.7. The van der Waals surface area contributed by atoms with Gasteiger partial charge in [-0.1, -0.05) is 54.1 Å². The van der Waals surface area contributed by atoms with Gasteiger partial charge in [-0.15, -0.1) is 0 Å². The predicted molar refractivity (Wildman–Crippen MR) is 117 cm³/mol. The van der Waals surface area contributed by atoms with Crippen LogP contribution in [0.5, 0.6) is 0 Å². The van der Waals surface area contributed by atoms with Gasteiger partial charge in [0.25, 0.3) is 0 Å². The van der Waals surface area contributed by atoms with Crippen LogP contribution in [0, 0.1) is 5.82 Å². The lowest BCUT2D eigenvalue weighted by Gasteiger charge is -2.11. The van der Waals surface area contributed by atoms with E-state index in [1.165, 1.54) is 6.07 Å². The van der Waals surface area contributed by atoms with Crippen molar-refractivity contribution >= 4 is 51.2 Å². The third-order valence-corrected chi connectivity index (χ3v) is 4.86. The summed E-state index contributed by atoms with van der Waals surface area (Å²) in [5.41, 5.74) is 1.31. The van der Waals surface area contributed by atoms with Crippen LogP contribution in [0.1, 0.15) is 5.56 Å². The van der Waals surface area contributed by atoms with Crippen molar-refractivity contribution in [3.63, 3.8) is 0 Å². The fraction of sp³-hybridized carbons (Fsp3) is 0.0476. The first kappa shape index (κ1) is 18.4. The lowest BCUT2D eigenvalue weighted by molar-refractivity contribution is 0.586. The van der Waals surface area contributed by atoms with Crippen LogP contribution in [0.15, 0.2) is 72.9 Å². The zero-order chi connectivity index (χ0) is 19.5. The van der Waals surface area contributed by atoms with Gasteiger partial charge in [-0.25, -0.2) is 4.39 Å². The van der Waals surface area contributed by atoms with Crippen molar-refractivity contribution in [2.75, 3.05) is 10.6 Å². The fourth-order valence-corrected chi connectivity index (χ4v) is 3.40. The van der Waals surface area contributed by atoms with Gasteiger partial charge in [-0.3, -0.25) is 4.68 Å². The number of thiocarbonyl (C=S) groups is 1. The molecule has 2 N–H and O–H groups in total. The maximum absolute atomic E-state index is 14.0. The Balaban J connectivity index is 1.46. The SMILES string of the molecule is Fc1cccc(Cl)c1Cn1ccc(NC(=S)Nc2cccc3ccccc23)n1. The molecule has 28 heavy (non-hydrogen) atoms. The molecule has 1 aromatic heterocycles. The van der Waals surface area contributed by atoms with Gasteiger partial charge in [0, 0.05) is 33.9 Å². The van der Waals surface area contributed by atoms with Gasteiger partial charge in [0.1, 0.15) is 5.82 Å². The Morgan fingerprint density at radius 3 is 2.64 bits per heavy atom. The van der Waals surface area contributed by atoms with E-state index in [1.54, 1.807) is 29.1 Å². The van der Waals surface area contributed by atoms with Crippen molar-refractivity contribution in [2.45, 2.75) is 6.54 Å². The van der Waals surface area contributed by atoms with Crippen LogP contribution in [0.2, 0.25) is 5.02 Å². The molecule has 0 aliphatic carbocycles. The molecule has 0 aliphatic rings. The second kappa shape index (κ2) is 7.96. The highest BCUT2D eigenvalue weighted by Gasteiger charge is 2.09. The monoisotopic (exact) mass is 410 g/mol. The van der Waals surface area contributed by atoms with E-state index in [0.717, 1.165) is 16.5 Å². The smallest absolute Gasteiger partial charge is 0.176 e. The van der Waals surface area contributed by atoms with E-state index in [1.807, 2.05) is 42.5 Å². The molecular weight excluding hydrogens is 395 g/mol. The average molecular weight is 411 g/mol. The van der Waals surface area contributed by atoms with Gasteiger partial charge in [0.15, 0.2) is 10.9 Å². The summed E-state index contributed by atoms with van der Waals surface area (Å²) in [6.07, 6.45) is 1.74. The van der Waals surface area contributed by atoms with E-state index < -0.39 is 0 Å². The summed E-state index contributed by atoms with van der Waals surface area (Å²) in [5, 5.41) is 13.6. The third-order valence-electron chi connectivity index (χ3n) is 4.30. The second-order valence-corrected chi connectivity index (χ2v) is 7.02. The number of benzene rings is 3. The van der Waals surface area contributed by atoms with Crippen LogP contribution in [-0.4, -0.2) is 14.9 Å². The summed E-state index contributed by atoms with van der Waals surface area (Å²) in [6.45, 7) is 0.233. The first-order valence-corrected chi connectivity index (χ1v) is 9.41. The largest absolute Gasteiger partial charge is 0.332 e. The van der Waals surface area contributed by atoms with E-state index in [9.17, 15) is 4.39 Å². The molecule has 0 bridgehead atoms. The number of halogens is 2. The van der Waals surface area contributed by atoms with Crippen molar-refractivity contribution in [1.82, 2.24) is 9.78 Å². The van der Waals surface area contributed by atoms with Crippen LogP contribution in [-0.2, 0) is 6.54 Å². The molecule has 1 heterocycles. The molecule has 4 rings (SSSR count). The molecule has 4 nitrogen and oxygen atoms in total. The highest BCUT2D eigenvalue weighted by Crippen LogP contribution is 2.23. The number of fused-ring (bicyclic) bond motifs is 1. The highest BCUT2D eigenvalue weighted by molar-refractivity contribution is 7.80. The number of anilines is 2. The van der Waals surface area contributed by atoms with E-state index in [-0.39, 0.29) is 12.4 Å². The summed E-state index contributed by atoms with van der Waals surface area (Å²) < 4.78 is 15.6. The Bertz CT molecular complexity index is 1130. The Hall–Kier alpha value is -2.96. The van der Waals surface area contributed by atoms with Gasteiger partial charge in [0.2, 0.25) is 0 Å². The molecule has 4 aromatic rings. The van der Waals surface area contributed by atoms with Crippen LogP contribution < -0.4 is 10.6 Å². The van der Waals surface area contributed by atoms with Gasteiger partial charge in [-0.2, -0.15) is 5.10 Å². The molecular formula is C21H16ClFN4S. The lowest BCUT2D eigenvalue weighted by atomic mass is 10.1. The normalized spacial score (nSPS) is 10.8. The van der Waals surface area contributed by atoms with Gasteiger partial charge in [-0.05, 0) is 35.8 Å². The Morgan fingerprint density at radius 2 is 1.79 bits per heavy atom. The quantitative estimate of drug-likeness (QED) is 0.424. The third kappa shape index (κ3) is 3.98. The van der Waals surface area contributed by atoms with Gasteiger partial charge < -0.3 is 10.6 Å². The maximum atomic E-state index is 14.0. The number of nitrogens with zero attached hydrogens (tertiary/aromatic N) is 2. The highest BCUT2D eigenvalue weighted by atomic mass is 35.5. The van der Waals surface area contributed by atoms with E-state index in [2.05, 4.69) is 15.7 Å². The molecule has 0 atom stereocenters. The summed E-state index contributed by atoms with van der Waals surface area (Å²) in [6, 6.07) is 20.4. The number of rotatable bonds is 4. The van der Waals surface area contributed by atoms with Crippen molar-refractivity contribution in [2.24, 2.45) is 0 Å². The fourth-order valence-electron chi connectivity index (χ4n) is 2.97. The van der Waals surface area contributed by atoms with Crippen molar-refractivity contribution in [3.8, 4) is 0 Å². The van der Waals surface area contributed by atoms with Crippen molar-refractivity contribution in [3.05, 3.63) is 89.3 Å². The zero-order valence-corrected chi connectivity index (χ0v) is 16.3. The molecule has 0 spiro atoms. The van der Waals surface area contributed by atoms with Crippen LogP contribution in [0.3, 0.4) is 0 Å². The number of hydrogen-bond donors (Lipinski definition) is 2. The number of hydrogen-bond acceptors (Lipinski definition) is 2. The predicted octanol–water partition coefficient (Wildman–Crippen LogP) is 5.69. The Morgan fingerprint density at radius 1 is 1.00 bits per heavy atom. The molecule has 7 heteroatoms. The van der Waals surface area contributed by atoms with Gasteiger partial charge >= 0.3 is 0 Å². The molecule has 0 saturated heterocycles. The average Bonchev–Trinajstić information content (AvgIpc) is 3.12. The minimum absolute atomic E-state index is 0.233. The molecule has 3 aromatic carbocycles. The molecule has 140 valence electrons. The topological polar surface area (TPSA) is 41.9 Å². The van der Waals surface area contributed by atoms with Crippen molar-refractivity contribution in [1.29, 1.82) is 0 Å². The summed E-state index contributed by atoms with van der Waals surface area (Å²) >= 11 is 11.5. The maximum Gasteiger partial charge on any atom is 0.176 e. The molecule has 0 unspecified atom stereocenters. The first-order valence-electron chi connectivity index (χ1n) is 8.62. The summed E-state index contributed by atoms with van der Waals surface area (Å²) in [5.74, 6) is 0.204. The van der Waals surface area contributed by atoms with E-state index >= 15 is 0 Å². The Labute approximate surface area is 171 Å². The standard InChI is InChI=1S/C21H16ClFN4S/c22-17-8-4-9-18(23)16(17)13-27-12-11-20(26-27)25-21(28)24-19-10-3-6-14-5-1-2-7-15(14)19/h1-12H,13H2,(H2,24,25,26,28). The molecule has 0 aliphatic heterocycles. The minimum Gasteiger partial charge on any atom is -0.332 e. The molecule has 0 saturated carbocycles. The van der Waals surface area contributed by atoms with Crippen LogP contribution in [0.4, 0.5) is 15.9 Å². The second-order valence-electron chi connectivity index (χ2n) is 6.20. The molecule has 0 amide bonds. The summed E-state index contributed by atoms with van der Waals surface area (Å²) in [7, 11) is 0.